The highest BCUT2D eigenvalue weighted by atomic mass is 16.3. The maximum atomic E-state index is 10.4. The Bertz CT molecular complexity index is 149. The molecule has 1 N–H and O–H groups in total. The zero-order valence-corrected chi connectivity index (χ0v) is 6.92. The molecule has 0 bridgehead atoms. The van der Waals surface area contributed by atoms with Crippen molar-refractivity contribution in [3.8, 4) is 0 Å². The second-order valence-electron chi connectivity index (χ2n) is 3.26. The number of rotatable bonds is 2. The molecule has 0 aromatic carbocycles. The average Bonchev–Trinajstić information content (AvgIpc) is 2.05. The van der Waals surface area contributed by atoms with Crippen LogP contribution in [0.2, 0.25) is 0 Å². The summed E-state index contributed by atoms with van der Waals surface area (Å²) in [6.45, 7) is 3.26. The monoisotopic (exact) mass is 157 g/mol. The van der Waals surface area contributed by atoms with Gasteiger partial charge in [-0.15, -0.1) is 0 Å². The van der Waals surface area contributed by atoms with E-state index >= 15 is 0 Å². The molecule has 1 saturated heterocycles. The summed E-state index contributed by atoms with van der Waals surface area (Å²) >= 11 is 0. The van der Waals surface area contributed by atoms with E-state index < -0.39 is 5.60 Å². The van der Waals surface area contributed by atoms with Crippen molar-refractivity contribution in [2.75, 3.05) is 13.1 Å². The number of carbonyl (C=O) groups is 1. The number of likely N-dealkylation sites (tertiary alicyclic amines) is 1. The number of hydrogen-bond acceptors (Lipinski definition) is 2. The van der Waals surface area contributed by atoms with E-state index in [1.807, 2.05) is 6.92 Å². The lowest BCUT2D eigenvalue weighted by Crippen LogP contribution is -2.46. The largest absolute Gasteiger partial charge is 0.388 e. The van der Waals surface area contributed by atoms with Crippen LogP contribution in [-0.4, -0.2) is 35.1 Å². The molecule has 0 saturated carbocycles. The van der Waals surface area contributed by atoms with Gasteiger partial charge in [-0.2, -0.15) is 0 Å². The van der Waals surface area contributed by atoms with Crippen LogP contribution < -0.4 is 0 Å². The minimum Gasteiger partial charge on any atom is -0.388 e. The van der Waals surface area contributed by atoms with E-state index in [9.17, 15) is 9.90 Å². The van der Waals surface area contributed by atoms with Crippen molar-refractivity contribution in [1.29, 1.82) is 0 Å². The number of β-amino-alcohol motifs (C(OH)–C–C–N with tert-alkyl or cyclic N) is 1. The summed E-state index contributed by atoms with van der Waals surface area (Å²) in [7, 11) is 0. The van der Waals surface area contributed by atoms with Gasteiger partial charge >= 0.3 is 0 Å². The first-order chi connectivity index (χ1) is 5.20. The third kappa shape index (κ3) is 1.93. The van der Waals surface area contributed by atoms with Crippen LogP contribution in [0.25, 0.3) is 0 Å². The van der Waals surface area contributed by atoms with Gasteiger partial charge in [0.25, 0.3) is 0 Å². The molecule has 0 aliphatic carbocycles. The molecule has 3 heteroatoms. The zero-order valence-electron chi connectivity index (χ0n) is 6.92. The molecular weight excluding hydrogens is 142 g/mol. The van der Waals surface area contributed by atoms with Gasteiger partial charge in [0.1, 0.15) is 0 Å². The molecule has 1 aliphatic rings. The summed E-state index contributed by atoms with van der Waals surface area (Å²) < 4.78 is 0. The molecule has 0 spiro atoms. The first kappa shape index (κ1) is 8.53. The van der Waals surface area contributed by atoms with Crippen LogP contribution in [0.3, 0.4) is 0 Å². The van der Waals surface area contributed by atoms with Crippen LogP contribution in [0.1, 0.15) is 26.2 Å². The lowest BCUT2D eigenvalue weighted by atomic mass is 9.91. The van der Waals surface area contributed by atoms with Crippen molar-refractivity contribution in [2.24, 2.45) is 0 Å². The summed E-state index contributed by atoms with van der Waals surface area (Å²) in [4.78, 5) is 12.0. The Morgan fingerprint density at radius 1 is 1.73 bits per heavy atom. The highest BCUT2D eigenvalue weighted by Crippen LogP contribution is 2.22. The van der Waals surface area contributed by atoms with Gasteiger partial charge in [-0.25, -0.2) is 0 Å². The van der Waals surface area contributed by atoms with Gasteiger partial charge < -0.3 is 10.0 Å². The quantitative estimate of drug-likeness (QED) is 0.589. The molecule has 0 aromatic rings. The number of amides is 1. The molecule has 1 atom stereocenters. The predicted molar refractivity (Wildman–Crippen MR) is 42.1 cm³/mol. The Balaban J connectivity index is 2.51. The van der Waals surface area contributed by atoms with Crippen LogP contribution in [0.4, 0.5) is 0 Å². The Hall–Kier alpha value is -0.570. The smallest absolute Gasteiger partial charge is 0.209 e. The van der Waals surface area contributed by atoms with Gasteiger partial charge in [0.05, 0.1) is 5.60 Å². The molecule has 0 aromatic heterocycles. The van der Waals surface area contributed by atoms with Crippen LogP contribution in [0.15, 0.2) is 0 Å². The summed E-state index contributed by atoms with van der Waals surface area (Å²) in [5.41, 5.74) is -0.612. The third-order valence-electron chi connectivity index (χ3n) is 2.39. The average molecular weight is 157 g/mol. The zero-order chi connectivity index (χ0) is 8.32. The van der Waals surface area contributed by atoms with Crippen LogP contribution in [0.5, 0.6) is 0 Å². The molecule has 64 valence electrons. The maximum absolute atomic E-state index is 10.4. The first-order valence-corrected chi connectivity index (χ1v) is 4.12. The van der Waals surface area contributed by atoms with Crippen molar-refractivity contribution in [3.05, 3.63) is 0 Å². The van der Waals surface area contributed by atoms with Gasteiger partial charge in [-0.3, -0.25) is 4.79 Å². The summed E-state index contributed by atoms with van der Waals surface area (Å²) in [5.74, 6) is 0. The van der Waals surface area contributed by atoms with E-state index in [1.165, 1.54) is 0 Å². The van der Waals surface area contributed by atoms with Crippen molar-refractivity contribution >= 4 is 6.41 Å². The minimum absolute atomic E-state index is 0.507. The Morgan fingerprint density at radius 2 is 2.45 bits per heavy atom. The number of aliphatic hydroxyl groups is 1. The van der Waals surface area contributed by atoms with E-state index in [1.54, 1.807) is 4.90 Å². The standard InChI is InChI=1S/C8H15NO2/c1-2-8(11)4-3-5-9(6-8)7-10/h7,11H,2-6H2,1H3. The number of hydrogen-bond donors (Lipinski definition) is 1. The second kappa shape index (κ2) is 3.22. The number of carbonyl (C=O) groups excluding carboxylic acids is 1. The number of nitrogens with zero attached hydrogens (tertiary/aromatic N) is 1. The highest BCUT2D eigenvalue weighted by Gasteiger charge is 2.30. The Morgan fingerprint density at radius 3 is 3.00 bits per heavy atom. The molecule has 1 rings (SSSR count). The highest BCUT2D eigenvalue weighted by molar-refractivity contribution is 5.47. The Labute approximate surface area is 67.0 Å². The Kier molecular flexibility index (Phi) is 2.49. The van der Waals surface area contributed by atoms with Crippen molar-refractivity contribution in [3.63, 3.8) is 0 Å². The molecule has 1 aliphatic heterocycles. The van der Waals surface area contributed by atoms with Gasteiger partial charge in [-0.05, 0) is 19.3 Å². The van der Waals surface area contributed by atoms with E-state index in [0.29, 0.717) is 6.54 Å². The van der Waals surface area contributed by atoms with E-state index in [0.717, 1.165) is 32.2 Å². The van der Waals surface area contributed by atoms with Crippen LogP contribution in [0, 0.1) is 0 Å². The molecule has 11 heavy (non-hydrogen) atoms. The van der Waals surface area contributed by atoms with E-state index in [4.69, 9.17) is 0 Å². The molecule has 1 heterocycles. The third-order valence-corrected chi connectivity index (χ3v) is 2.39. The summed E-state index contributed by atoms with van der Waals surface area (Å²) in [6.07, 6.45) is 3.30. The minimum atomic E-state index is -0.612. The van der Waals surface area contributed by atoms with Crippen molar-refractivity contribution in [1.82, 2.24) is 4.90 Å². The molecule has 1 amide bonds. The summed E-state index contributed by atoms with van der Waals surface area (Å²) in [6, 6.07) is 0. The molecule has 1 unspecified atom stereocenters. The predicted octanol–water partition coefficient (Wildman–Crippen LogP) is 0.380. The molecule has 0 radical (unpaired) electrons. The lowest BCUT2D eigenvalue weighted by Gasteiger charge is -2.36. The maximum Gasteiger partial charge on any atom is 0.209 e. The summed E-state index contributed by atoms with van der Waals surface area (Å²) in [5, 5.41) is 9.78. The molecule has 3 nitrogen and oxygen atoms in total. The molecule has 1 fully saturated rings. The first-order valence-electron chi connectivity index (χ1n) is 4.12. The van der Waals surface area contributed by atoms with Gasteiger partial charge in [0.15, 0.2) is 0 Å². The lowest BCUT2D eigenvalue weighted by molar-refractivity contribution is -0.125. The fourth-order valence-electron chi connectivity index (χ4n) is 1.53. The van der Waals surface area contributed by atoms with E-state index in [-0.39, 0.29) is 0 Å². The molecular formula is C8H15NO2. The fraction of sp³-hybridized carbons (Fsp3) is 0.875. The van der Waals surface area contributed by atoms with Gasteiger partial charge in [-0.1, -0.05) is 6.92 Å². The van der Waals surface area contributed by atoms with Crippen LogP contribution >= 0.6 is 0 Å². The topological polar surface area (TPSA) is 40.5 Å². The van der Waals surface area contributed by atoms with Gasteiger partial charge in [0, 0.05) is 13.1 Å². The SMILES string of the molecule is CCC1(O)CCCN(C=O)C1. The fourth-order valence-corrected chi connectivity index (χ4v) is 1.53. The van der Waals surface area contributed by atoms with E-state index in [2.05, 4.69) is 0 Å². The van der Waals surface area contributed by atoms with Gasteiger partial charge in [0.2, 0.25) is 6.41 Å². The van der Waals surface area contributed by atoms with Crippen molar-refractivity contribution < 1.29 is 9.90 Å². The normalized spacial score (nSPS) is 32.0. The van der Waals surface area contributed by atoms with Crippen LogP contribution in [-0.2, 0) is 4.79 Å². The number of piperidine rings is 1. The second-order valence-corrected chi connectivity index (χ2v) is 3.26. The van der Waals surface area contributed by atoms with Crippen molar-refractivity contribution in [2.45, 2.75) is 31.8 Å².